The molecule has 0 unspecified atom stereocenters. The van der Waals surface area contributed by atoms with Crippen LogP contribution >= 0.6 is 0 Å². The van der Waals surface area contributed by atoms with Gasteiger partial charge in [-0.2, -0.15) is 0 Å². The number of carbonyl (C=O) groups excluding carboxylic acids is 1. The summed E-state index contributed by atoms with van der Waals surface area (Å²) in [5.74, 6) is -2.34. The molecule has 3 N–H and O–H groups in total. The Morgan fingerprint density at radius 1 is 1.00 bits per heavy atom. The number of hydrogen-bond acceptors (Lipinski definition) is 7. The predicted octanol–water partition coefficient (Wildman–Crippen LogP) is 2.07. The minimum Gasteiger partial charge on any atom is -0.504 e. The lowest BCUT2D eigenvalue weighted by Crippen LogP contribution is -2.04. The maximum Gasteiger partial charge on any atom is 0.348 e. The lowest BCUT2D eigenvalue weighted by Gasteiger charge is -2.02. The van der Waals surface area contributed by atoms with Crippen LogP contribution in [-0.4, -0.2) is 21.3 Å². The van der Waals surface area contributed by atoms with Crippen LogP contribution < -0.4 is 5.63 Å². The third kappa shape index (κ3) is 2.44. The van der Waals surface area contributed by atoms with Gasteiger partial charge in [0.2, 0.25) is 0 Å². The van der Waals surface area contributed by atoms with Crippen molar-refractivity contribution in [2.24, 2.45) is 0 Å². The van der Waals surface area contributed by atoms with E-state index in [0.29, 0.717) is 5.56 Å². The number of rotatable bonds is 2. The molecule has 7 nitrogen and oxygen atoms in total. The third-order valence-corrected chi connectivity index (χ3v) is 3.23. The van der Waals surface area contributed by atoms with Gasteiger partial charge in [0.05, 0.1) is 0 Å². The Labute approximate surface area is 129 Å². The molecule has 3 rings (SSSR count). The first kappa shape index (κ1) is 14.5. The number of hydrogen-bond donors (Lipinski definition) is 3. The fourth-order valence-electron chi connectivity index (χ4n) is 2.17. The number of ether oxygens (including phenoxy) is 1. The highest BCUT2D eigenvalue weighted by molar-refractivity contribution is 6.05. The van der Waals surface area contributed by atoms with E-state index < -0.39 is 28.8 Å². The molecule has 1 aromatic heterocycles. The number of phenols is 3. The molecule has 0 fully saturated rings. The third-order valence-electron chi connectivity index (χ3n) is 3.23. The van der Waals surface area contributed by atoms with E-state index in [4.69, 9.17) is 9.15 Å². The maximum absolute atomic E-state index is 11.8. The summed E-state index contributed by atoms with van der Waals surface area (Å²) in [6.07, 6.45) is 2.69. The quantitative estimate of drug-likeness (QED) is 0.573. The van der Waals surface area contributed by atoms with Crippen molar-refractivity contribution in [1.29, 1.82) is 0 Å². The first-order valence-corrected chi connectivity index (χ1v) is 6.39. The Hall–Kier alpha value is -3.48. The number of esters is 1. The van der Waals surface area contributed by atoms with E-state index in [0.717, 1.165) is 6.07 Å². The van der Waals surface area contributed by atoms with Crippen molar-refractivity contribution in [2.45, 2.75) is 0 Å². The number of benzene rings is 1. The van der Waals surface area contributed by atoms with Crippen molar-refractivity contribution in [1.82, 2.24) is 0 Å². The zero-order valence-electron chi connectivity index (χ0n) is 11.6. The van der Waals surface area contributed by atoms with Gasteiger partial charge in [-0.3, -0.25) is 0 Å². The van der Waals surface area contributed by atoms with Gasteiger partial charge < -0.3 is 24.5 Å². The Bertz CT molecular complexity index is 911. The van der Waals surface area contributed by atoms with Gasteiger partial charge in [0.15, 0.2) is 17.2 Å². The predicted molar refractivity (Wildman–Crippen MR) is 79.8 cm³/mol. The van der Waals surface area contributed by atoms with Crippen LogP contribution in [-0.2, 0) is 4.74 Å². The average molecular weight is 314 g/mol. The van der Waals surface area contributed by atoms with Gasteiger partial charge in [-0.25, -0.2) is 9.59 Å². The highest BCUT2D eigenvalue weighted by Gasteiger charge is 2.29. The van der Waals surface area contributed by atoms with Crippen molar-refractivity contribution in [2.75, 3.05) is 0 Å². The monoisotopic (exact) mass is 314 g/mol. The lowest BCUT2D eigenvalue weighted by atomic mass is 10.1. The van der Waals surface area contributed by atoms with E-state index in [1.165, 1.54) is 24.3 Å². The molecule has 2 heterocycles. The van der Waals surface area contributed by atoms with Crippen LogP contribution in [0.3, 0.4) is 0 Å². The zero-order valence-corrected chi connectivity index (χ0v) is 11.6. The maximum atomic E-state index is 11.8. The van der Waals surface area contributed by atoms with Gasteiger partial charge >= 0.3 is 11.6 Å². The van der Waals surface area contributed by atoms with Gasteiger partial charge in [0.25, 0.3) is 0 Å². The SMILES string of the molecule is C=C1OC(=O)c2c1cc(=O)oc2C=Cc1cc(O)c(O)c(O)c1. The van der Waals surface area contributed by atoms with E-state index in [2.05, 4.69) is 6.58 Å². The Morgan fingerprint density at radius 2 is 1.65 bits per heavy atom. The number of aromatic hydroxyl groups is 3. The second-order valence-corrected chi connectivity index (χ2v) is 4.77. The van der Waals surface area contributed by atoms with E-state index in [-0.39, 0.29) is 22.6 Å². The van der Waals surface area contributed by atoms with Crippen LogP contribution in [0.25, 0.3) is 17.9 Å². The molecule has 1 aliphatic heterocycles. The van der Waals surface area contributed by atoms with E-state index in [1.54, 1.807) is 0 Å². The topological polar surface area (TPSA) is 117 Å². The van der Waals surface area contributed by atoms with Crippen LogP contribution in [0, 0.1) is 0 Å². The molecule has 23 heavy (non-hydrogen) atoms. The summed E-state index contributed by atoms with van der Waals surface area (Å²) < 4.78 is 9.84. The van der Waals surface area contributed by atoms with Crippen molar-refractivity contribution in [3.63, 3.8) is 0 Å². The van der Waals surface area contributed by atoms with Crippen molar-refractivity contribution >= 4 is 23.9 Å². The van der Waals surface area contributed by atoms with Gasteiger partial charge in [0, 0.05) is 11.6 Å². The van der Waals surface area contributed by atoms with Gasteiger partial charge in [-0.15, -0.1) is 0 Å². The molecule has 116 valence electrons. The average Bonchev–Trinajstić information content (AvgIpc) is 2.76. The van der Waals surface area contributed by atoms with Crippen molar-refractivity contribution in [3.8, 4) is 17.2 Å². The minimum atomic E-state index is -0.690. The summed E-state index contributed by atoms with van der Waals surface area (Å²) in [5, 5.41) is 28.2. The largest absolute Gasteiger partial charge is 0.504 e. The van der Waals surface area contributed by atoms with E-state index in [9.17, 15) is 24.9 Å². The molecule has 0 bridgehead atoms. The van der Waals surface area contributed by atoms with E-state index in [1.807, 2.05) is 0 Å². The van der Waals surface area contributed by atoms with Crippen LogP contribution in [0.1, 0.15) is 27.2 Å². The molecule has 0 saturated heterocycles. The van der Waals surface area contributed by atoms with Crippen molar-refractivity contribution < 1.29 is 29.3 Å². The minimum absolute atomic E-state index is 0.0387. The molecule has 0 amide bonds. The molecule has 7 heteroatoms. The van der Waals surface area contributed by atoms with Crippen LogP contribution in [0.4, 0.5) is 0 Å². The highest BCUT2D eigenvalue weighted by Crippen LogP contribution is 2.36. The summed E-state index contributed by atoms with van der Waals surface area (Å²) in [5.41, 5.74) is -0.0529. The summed E-state index contributed by atoms with van der Waals surface area (Å²) in [4.78, 5) is 23.3. The summed E-state index contributed by atoms with van der Waals surface area (Å²) in [6, 6.07) is 3.48. The fraction of sp³-hybridized carbons (Fsp3) is 0. The number of fused-ring (bicyclic) bond motifs is 1. The second kappa shape index (κ2) is 5.06. The molecule has 0 aliphatic carbocycles. The zero-order chi connectivity index (χ0) is 16.7. The Balaban J connectivity index is 2.08. The summed E-state index contributed by atoms with van der Waals surface area (Å²) >= 11 is 0. The lowest BCUT2D eigenvalue weighted by molar-refractivity contribution is 0.0714. The van der Waals surface area contributed by atoms with Crippen LogP contribution in [0.15, 0.2) is 34.0 Å². The first-order chi connectivity index (χ1) is 10.9. The number of cyclic esters (lactones) is 1. The van der Waals surface area contributed by atoms with Crippen LogP contribution in [0.5, 0.6) is 17.2 Å². The summed E-state index contributed by atoms with van der Waals surface area (Å²) in [6.45, 7) is 3.54. The number of carbonyl (C=O) groups is 1. The van der Waals surface area contributed by atoms with E-state index >= 15 is 0 Å². The van der Waals surface area contributed by atoms with Gasteiger partial charge in [-0.1, -0.05) is 12.7 Å². The Kier molecular flexibility index (Phi) is 3.18. The molecule has 1 aliphatic rings. The standard InChI is InChI=1S/C16H10O7/c1-7-9-6-13(19)23-12(14(9)16(21)22-7)3-2-8-4-10(17)15(20)11(18)5-8/h2-6,17-18,20H,1H2. The Morgan fingerprint density at radius 3 is 2.30 bits per heavy atom. The summed E-state index contributed by atoms with van der Waals surface area (Å²) in [7, 11) is 0. The normalized spacial score (nSPS) is 13.4. The fourth-order valence-corrected chi connectivity index (χ4v) is 2.17. The molecular weight excluding hydrogens is 304 g/mol. The smallest absolute Gasteiger partial charge is 0.348 e. The molecule has 1 aromatic carbocycles. The molecule has 2 aromatic rings. The van der Waals surface area contributed by atoms with Crippen LogP contribution in [0.2, 0.25) is 0 Å². The van der Waals surface area contributed by atoms with Gasteiger partial charge in [-0.05, 0) is 23.8 Å². The number of phenolic OH excluding ortho intramolecular Hbond substituents is 3. The second-order valence-electron chi connectivity index (χ2n) is 4.77. The van der Waals surface area contributed by atoms with Crippen molar-refractivity contribution in [3.05, 3.63) is 57.6 Å². The molecule has 0 saturated carbocycles. The molecule has 0 radical (unpaired) electrons. The first-order valence-electron chi connectivity index (χ1n) is 6.39. The molecular formula is C16H10O7. The van der Waals surface area contributed by atoms with Gasteiger partial charge in [0.1, 0.15) is 17.1 Å². The highest BCUT2D eigenvalue weighted by atomic mass is 16.5. The molecule has 0 atom stereocenters. The molecule has 0 spiro atoms.